The molecule has 0 radical (unpaired) electrons. The maximum absolute atomic E-state index is 11.1. The Morgan fingerprint density at radius 1 is 1.19 bits per heavy atom. The number of aliphatic hydroxyl groups is 1. The minimum Gasteiger partial charge on any atom is -0.385 e. The van der Waals surface area contributed by atoms with Gasteiger partial charge in [-0.1, -0.05) is 18.2 Å². The maximum Gasteiger partial charge on any atom is 0.0958 e. The number of fused-ring (bicyclic) bond motifs is 2. The van der Waals surface area contributed by atoms with Crippen LogP contribution in [-0.4, -0.2) is 40.2 Å². The van der Waals surface area contributed by atoms with Crippen molar-refractivity contribution in [2.24, 2.45) is 0 Å². The van der Waals surface area contributed by atoms with Crippen LogP contribution in [0.25, 0.3) is 5.69 Å². The Kier molecular flexibility index (Phi) is 3.06. The van der Waals surface area contributed by atoms with Gasteiger partial charge in [0.05, 0.1) is 30.7 Å². The van der Waals surface area contributed by atoms with Gasteiger partial charge in [0.1, 0.15) is 0 Å². The molecule has 2 N–H and O–H groups in total. The molecule has 2 saturated heterocycles. The molecule has 2 aromatic rings. The van der Waals surface area contributed by atoms with E-state index in [4.69, 9.17) is 4.74 Å². The SMILES string of the molecule is OC1(c2cnn(-c3ccccc3)c2)CC2COCC(C1)N2. The van der Waals surface area contributed by atoms with E-state index in [2.05, 4.69) is 10.4 Å². The molecule has 21 heavy (non-hydrogen) atoms. The minimum absolute atomic E-state index is 0.225. The normalized spacial score (nSPS) is 32.0. The Bertz CT molecular complexity index is 613. The van der Waals surface area contributed by atoms with E-state index < -0.39 is 5.60 Å². The largest absolute Gasteiger partial charge is 0.385 e. The lowest BCUT2D eigenvalue weighted by Gasteiger charge is -2.44. The first kappa shape index (κ1) is 13.0. The summed E-state index contributed by atoms with van der Waals surface area (Å²) >= 11 is 0. The van der Waals surface area contributed by atoms with Crippen molar-refractivity contribution in [2.45, 2.75) is 30.5 Å². The second-order valence-electron chi connectivity index (χ2n) is 6.05. The van der Waals surface area contributed by atoms with Gasteiger partial charge >= 0.3 is 0 Å². The molecular weight excluding hydrogens is 266 g/mol. The molecule has 2 bridgehead atoms. The maximum atomic E-state index is 11.1. The molecule has 1 aromatic heterocycles. The van der Waals surface area contributed by atoms with Crippen LogP contribution in [0.2, 0.25) is 0 Å². The molecule has 0 amide bonds. The highest BCUT2D eigenvalue weighted by molar-refractivity contribution is 5.32. The van der Waals surface area contributed by atoms with E-state index in [0.29, 0.717) is 26.1 Å². The first-order chi connectivity index (χ1) is 10.2. The van der Waals surface area contributed by atoms with Gasteiger partial charge in [0.15, 0.2) is 0 Å². The molecule has 5 heteroatoms. The number of aromatic nitrogens is 2. The van der Waals surface area contributed by atoms with Crippen LogP contribution in [0.3, 0.4) is 0 Å². The third-order valence-corrected chi connectivity index (χ3v) is 4.42. The lowest BCUT2D eigenvalue weighted by atomic mass is 9.79. The van der Waals surface area contributed by atoms with Crippen molar-refractivity contribution in [1.82, 2.24) is 15.1 Å². The van der Waals surface area contributed by atoms with Crippen molar-refractivity contribution in [3.8, 4) is 5.69 Å². The Morgan fingerprint density at radius 2 is 1.90 bits per heavy atom. The average Bonchev–Trinajstić information content (AvgIpc) is 2.98. The van der Waals surface area contributed by atoms with Gasteiger partial charge in [-0.25, -0.2) is 4.68 Å². The van der Waals surface area contributed by atoms with Crippen LogP contribution < -0.4 is 5.32 Å². The number of nitrogens with one attached hydrogen (secondary N) is 1. The summed E-state index contributed by atoms with van der Waals surface area (Å²) in [5.41, 5.74) is 1.09. The first-order valence-corrected chi connectivity index (χ1v) is 7.40. The number of morpholine rings is 1. The molecule has 1 aromatic carbocycles. The monoisotopic (exact) mass is 285 g/mol. The first-order valence-electron chi connectivity index (χ1n) is 7.40. The number of piperidine rings is 1. The molecular formula is C16H19N3O2. The van der Waals surface area contributed by atoms with Crippen LogP contribution in [0.5, 0.6) is 0 Å². The van der Waals surface area contributed by atoms with E-state index in [1.54, 1.807) is 6.20 Å². The highest BCUT2D eigenvalue weighted by atomic mass is 16.5. The highest BCUT2D eigenvalue weighted by Crippen LogP contribution is 2.36. The fraction of sp³-hybridized carbons (Fsp3) is 0.438. The van der Waals surface area contributed by atoms with Crippen LogP contribution in [0.1, 0.15) is 18.4 Å². The fourth-order valence-corrected chi connectivity index (χ4v) is 3.44. The summed E-state index contributed by atoms with van der Waals surface area (Å²) in [7, 11) is 0. The summed E-state index contributed by atoms with van der Waals surface area (Å²) in [5.74, 6) is 0. The summed E-state index contributed by atoms with van der Waals surface area (Å²) in [6.07, 6.45) is 5.07. The van der Waals surface area contributed by atoms with Gasteiger partial charge in [-0.2, -0.15) is 5.10 Å². The Balaban J connectivity index is 1.63. The molecule has 0 aliphatic carbocycles. The van der Waals surface area contributed by atoms with Gasteiger partial charge in [0, 0.05) is 23.8 Å². The number of nitrogens with zero attached hydrogens (tertiary/aromatic N) is 2. The van der Waals surface area contributed by atoms with Crippen molar-refractivity contribution in [3.63, 3.8) is 0 Å². The quantitative estimate of drug-likeness (QED) is 0.871. The Labute approximate surface area is 123 Å². The number of hydrogen-bond donors (Lipinski definition) is 2. The molecule has 4 rings (SSSR count). The van der Waals surface area contributed by atoms with Crippen molar-refractivity contribution in [3.05, 3.63) is 48.3 Å². The van der Waals surface area contributed by atoms with E-state index >= 15 is 0 Å². The average molecular weight is 285 g/mol. The van der Waals surface area contributed by atoms with E-state index in [1.807, 2.05) is 41.2 Å². The van der Waals surface area contributed by atoms with Crippen LogP contribution >= 0.6 is 0 Å². The molecule has 2 aliphatic rings. The summed E-state index contributed by atoms with van der Waals surface area (Å²) in [5, 5.41) is 19.0. The van der Waals surface area contributed by atoms with Crippen molar-refractivity contribution < 1.29 is 9.84 Å². The zero-order valence-corrected chi connectivity index (χ0v) is 11.8. The molecule has 2 fully saturated rings. The summed E-state index contributed by atoms with van der Waals surface area (Å²) in [6, 6.07) is 10.4. The lowest BCUT2D eigenvalue weighted by molar-refractivity contribution is -0.0802. The van der Waals surface area contributed by atoms with Gasteiger partial charge in [0.25, 0.3) is 0 Å². The topological polar surface area (TPSA) is 59.3 Å². The summed E-state index contributed by atoms with van der Waals surface area (Å²) in [4.78, 5) is 0. The van der Waals surface area contributed by atoms with Gasteiger partial charge in [-0.05, 0) is 25.0 Å². The molecule has 2 aliphatic heterocycles. The van der Waals surface area contributed by atoms with Crippen molar-refractivity contribution in [1.29, 1.82) is 0 Å². The molecule has 2 unspecified atom stereocenters. The number of ether oxygens (including phenoxy) is 1. The second-order valence-corrected chi connectivity index (χ2v) is 6.05. The zero-order valence-electron chi connectivity index (χ0n) is 11.8. The van der Waals surface area contributed by atoms with Gasteiger partial charge < -0.3 is 15.2 Å². The van der Waals surface area contributed by atoms with E-state index in [-0.39, 0.29) is 12.1 Å². The molecule has 5 nitrogen and oxygen atoms in total. The van der Waals surface area contributed by atoms with Gasteiger partial charge in [-0.3, -0.25) is 0 Å². The number of hydrogen-bond acceptors (Lipinski definition) is 4. The van der Waals surface area contributed by atoms with Crippen LogP contribution in [-0.2, 0) is 10.3 Å². The summed E-state index contributed by atoms with van der Waals surface area (Å²) < 4.78 is 7.37. The number of para-hydroxylation sites is 1. The van der Waals surface area contributed by atoms with Gasteiger partial charge in [-0.15, -0.1) is 0 Å². The molecule has 0 saturated carbocycles. The van der Waals surface area contributed by atoms with Crippen molar-refractivity contribution >= 4 is 0 Å². The summed E-state index contributed by atoms with van der Waals surface area (Å²) in [6.45, 7) is 1.34. The number of rotatable bonds is 2. The number of benzene rings is 1. The van der Waals surface area contributed by atoms with Crippen molar-refractivity contribution in [2.75, 3.05) is 13.2 Å². The van der Waals surface area contributed by atoms with E-state index in [1.165, 1.54) is 0 Å². The van der Waals surface area contributed by atoms with E-state index in [0.717, 1.165) is 11.3 Å². The van der Waals surface area contributed by atoms with Crippen LogP contribution in [0, 0.1) is 0 Å². The third kappa shape index (κ3) is 2.37. The van der Waals surface area contributed by atoms with Crippen LogP contribution in [0.15, 0.2) is 42.7 Å². The predicted octanol–water partition coefficient (Wildman–Crippen LogP) is 1.21. The Hall–Kier alpha value is -1.69. The second kappa shape index (κ2) is 4.94. The third-order valence-electron chi connectivity index (χ3n) is 4.42. The molecule has 110 valence electrons. The fourth-order valence-electron chi connectivity index (χ4n) is 3.44. The van der Waals surface area contributed by atoms with E-state index in [9.17, 15) is 5.11 Å². The zero-order chi connectivity index (χ0) is 14.3. The predicted molar refractivity (Wildman–Crippen MR) is 78.2 cm³/mol. The molecule has 3 heterocycles. The standard InChI is InChI=1S/C16H19N3O2/c20-16(6-13-10-21-11-14(7-16)18-13)12-8-17-19(9-12)15-4-2-1-3-5-15/h1-5,8-9,13-14,18,20H,6-7,10-11H2. The lowest BCUT2D eigenvalue weighted by Crippen LogP contribution is -2.58. The van der Waals surface area contributed by atoms with Crippen LogP contribution in [0.4, 0.5) is 0 Å². The highest BCUT2D eigenvalue weighted by Gasteiger charge is 2.43. The Morgan fingerprint density at radius 3 is 2.62 bits per heavy atom. The minimum atomic E-state index is -0.808. The smallest absolute Gasteiger partial charge is 0.0958 e. The molecule has 0 spiro atoms. The van der Waals surface area contributed by atoms with Gasteiger partial charge in [0.2, 0.25) is 0 Å². The molecule has 2 atom stereocenters.